The van der Waals surface area contributed by atoms with Crippen molar-refractivity contribution in [1.29, 1.82) is 0 Å². The van der Waals surface area contributed by atoms with Gasteiger partial charge in [0.25, 0.3) is 5.91 Å². The Morgan fingerprint density at radius 3 is 2.46 bits per heavy atom. The zero-order valence-corrected chi connectivity index (χ0v) is 14.5. The predicted molar refractivity (Wildman–Crippen MR) is 91.4 cm³/mol. The minimum absolute atomic E-state index is 0.236. The number of rotatable bonds is 9. The van der Waals surface area contributed by atoms with Crippen LogP contribution in [0.3, 0.4) is 0 Å². The number of nitrogens with zero attached hydrogens (tertiary/aromatic N) is 1. The van der Waals surface area contributed by atoms with E-state index in [1.54, 1.807) is 0 Å². The van der Waals surface area contributed by atoms with Crippen LogP contribution in [0.1, 0.15) is 32.1 Å². The second kappa shape index (κ2) is 8.59. The van der Waals surface area contributed by atoms with Crippen molar-refractivity contribution in [3.8, 4) is 0 Å². The first-order valence-electron chi connectivity index (χ1n) is 8.67. The van der Waals surface area contributed by atoms with Gasteiger partial charge in [0.1, 0.15) is 6.04 Å². The van der Waals surface area contributed by atoms with Gasteiger partial charge in [-0.2, -0.15) is 0 Å². The highest BCUT2D eigenvalue weighted by Gasteiger charge is 2.38. The molecule has 4 N–H and O–H groups in total. The van der Waals surface area contributed by atoms with Gasteiger partial charge in [-0.1, -0.05) is 19.4 Å². The van der Waals surface area contributed by atoms with Crippen LogP contribution in [0, 0.1) is 5.92 Å². The third-order valence-corrected chi connectivity index (χ3v) is 4.62. The lowest BCUT2D eigenvalue weighted by Gasteiger charge is -2.26. The number of hydrogen-bond donors (Lipinski definition) is 3. The number of carbonyl (C=O) groups is 5. The summed E-state index contributed by atoms with van der Waals surface area (Å²) in [6.07, 6.45) is 4.43. The fourth-order valence-corrected chi connectivity index (χ4v) is 3.03. The summed E-state index contributed by atoms with van der Waals surface area (Å²) in [7, 11) is 0. The molecule has 1 heterocycles. The number of amides is 4. The number of likely N-dealkylation sites (tertiary alicyclic amines) is 1. The van der Waals surface area contributed by atoms with Crippen molar-refractivity contribution in [2.45, 2.75) is 44.2 Å². The molecule has 0 spiro atoms. The van der Waals surface area contributed by atoms with E-state index < -0.39 is 41.5 Å². The van der Waals surface area contributed by atoms with Crippen LogP contribution in [0.4, 0.5) is 0 Å². The smallest absolute Gasteiger partial charge is 0.287 e. The molecule has 26 heavy (non-hydrogen) atoms. The van der Waals surface area contributed by atoms with Gasteiger partial charge >= 0.3 is 0 Å². The number of Topliss-reactive ketones (excluding diaryl/α,β-unsaturated/α-hetero) is 1. The summed E-state index contributed by atoms with van der Waals surface area (Å²) in [6.45, 7) is 3.45. The highest BCUT2D eigenvalue weighted by atomic mass is 16.2. The topological polar surface area (TPSA) is 139 Å². The van der Waals surface area contributed by atoms with Gasteiger partial charge in [-0.3, -0.25) is 24.0 Å². The molecule has 0 aromatic carbocycles. The lowest BCUT2D eigenvalue weighted by atomic mass is 10.0. The van der Waals surface area contributed by atoms with E-state index in [0.717, 1.165) is 18.9 Å². The second-order valence-electron chi connectivity index (χ2n) is 6.64. The highest BCUT2D eigenvalue weighted by Crippen LogP contribution is 2.33. The van der Waals surface area contributed by atoms with Gasteiger partial charge in [0.15, 0.2) is 0 Å². The van der Waals surface area contributed by atoms with E-state index in [-0.39, 0.29) is 6.54 Å². The third kappa shape index (κ3) is 5.14. The lowest BCUT2D eigenvalue weighted by molar-refractivity contribution is -0.141. The summed E-state index contributed by atoms with van der Waals surface area (Å²) in [6, 6.07) is -1.68. The number of carbonyl (C=O) groups excluding carboxylic acids is 5. The van der Waals surface area contributed by atoms with Gasteiger partial charge < -0.3 is 21.3 Å². The molecule has 1 saturated heterocycles. The number of hydrogen-bond acceptors (Lipinski definition) is 5. The number of nitrogens with two attached hydrogens (primary N) is 1. The van der Waals surface area contributed by atoms with E-state index in [4.69, 9.17) is 5.73 Å². The van der Waals surface area contributed by atoms with Crippen molar-refractivity contribution >= 4 is 29.4 Å². The van der Waals surface area contributed by atoms with Gasteiger partial charge in [0.2, 0.25) is 23.5 Å². The van der Waals surface area contributed by atoms with Crippen molar-refractivity contribution in [2.75, 3.05) is 13.1 Å². The summed E-state index contributed by atoms with van der Waals surface area (Å²) in [4.78, 5) is 60.5. The monoisotopic (exact) mass is 364 g/mol. The molecule has 1 aliphatic carbocycles. The van der Waals surface area contributed by atoms with Crippen molar-refractivity contribution in [3.63, 3.8) is 0 Å². The maximum atomic E-state index is 12.6. The molecule has 4 amide bonds. The summed E-state index contributed by atoms with van der Waals surface area (Å²) in [5.74, 6) is -2.94. The Hall–Kier alpha value is -2.71. The van der Waals surface area contributed by atoms with Crippen LogP contribution in [0.2, 0.25) is 0 Å². The van der Waals surface area contributed by atoms with Crippen molar-refractivity contribution < 1.29 is 24.0 Å². The molecule has 0 radical (unpaired) electrons. The van der Waals surface area contributed by atoms with Crippen LogP contribution in [0.25, 0.3) is 0 Å². The first-order valence-corrected chi connectivity index (χ1v) is 8.67. The van der Waals surface area contributed by atoms with Gasteiger partial charge in [0, 0.05) is 6.54 Å². The van der Waals surface area contributed by atoms with Gasteiger partial charge in [0.05, 0.1) is 12.6 Å². The largest absolute Gasteiger partial charge is 0.363 e. The molecule has 2 fully saturated rings. The first-order chi connectivity index (χ1) is 12.3. The van der Waals surface area contributed by atoms with E-state index in [1.807, 2.05) is 0 Å². The Morgan fingerprint density at radius 2 is 1.88 bits per heavy atom. The van der Waals surface area contributed by atoms with E-state index in [0.29, 0.717) is 31.7 Å². The minimum atomic E-state index is -1.08. The molecule has 142 valence electrons. The Kier molecular flexibility index (Phi) is 6.48. The fourth-order valence-electron chi connectivity index (χ4n) is 3.03. The molecule has 1 saturated carbocycles. The highest BCUT2D eigenvalue weighted by molar-refractivity contribution is 6.37. The van der Waals surface area contributed by atoms with Crippen LogP contribution < -0.4 is 16.4 Å². The summed E-state index contributed by atoms with van der Waals surface area (Å²) in [5.41, 5.74) is 5.07. The predicted octanol–water partition coefficient (Wildman–Crippen LogP) is -1.38. The molecule has 9 heteroatoms. The molecule has 2 aliphatic rings. The van der Waals surface area contributed by atoms with Gasteiger partial charge in [-0.15, -0.1) is 0 Å². The first kappa shape index (κ1) is 19.6. The third-order valence-electron chi connectivity index (χ3n) is 4.62. The Morgan fingerprint density at radius 1 is 1.19 bits per heavy atom. The number of nitrogens with one attached hydrogen (secondary N) is 2. The van der Waals surface area contributed by atoms with Crippen LogP contribution in [0.5, 0.6) is 0 Å². The number of primary amides is 1. The SMILES string of the molecule is C=CC(=O)NCC(=O)N1CCCC1C(=O)NC(CC1CC1)C(=O)C(N)=O. The van der Waals surface area contributed by atoms with E-state index in [9.17, 15) is 24.0 Å². The van der Waals surface area contributed by atoms with Crippen molar-refractivity contribution in [3.05, 3.63) is 12.7 Å². The zero-order valence-electron chi connectivity index (χ0n) is 14.5. The molecule has 0 aromatic heterocycles. The van der Waals surface area contributed by atoms with Crippen LogP contribution in [-0.2, 0) is 24.0 Å². The standard InChI is InChI=1S/C17H24N4O5/c1-2-13(22)19-9-14(23)21-7-3-4-12(21)17(26)20-11(8-10-5-6-10)15(24)16(18)25/h2,10-12H,1,3-9H2,(H2,18,25)(H,19,22)(H,20,26). The summed E-state index contributed by atoms with van der Waals surface area (Å²) in [5, 5.41) is 4.97. The molecule has 9 nitrogen and oxygen atoms in total. The number of ketones is 1. The Labute approximate surface area is 151 Å². The van der Waals surface area contributed by atoms with Crippen LogP contribution >= 0.6 is 0 Å². The van der Waals surface area contributed by atoms with Crippen LogP contribution in [0.15, 0.2) is 12.7 Å². The zero-order chi connectivity index (χ0) is 19.3. The quantitative estimate of drug-likeness (QED) is 0.342. The van der Waals surface area contributed by atoms with E-state index >= 15 is 0 Å². The molecular formula is C17H24N4O5. The molecule has 1 aliphatic heterocycles. The van der Waals surface area contributed by atoms with Crippen molar-refractivity contribution in [1.82, 2.24) is 15.5 Å². The van der Waals surface area contributed by atoms with Gasteiger partial charge in [-0.25, -0.2) is 0 Å². The summed E-state index contributed by atoms with van der Waals surface area (Å²) >= 11 is 0. The molecule has 0 aromatic rings. The summed E-state index contributed by atoms with van der Waals surface area (Å²) < 4.78 is 0. The molecular weight excluding hydrogens is 340 g/mol. The average molecular weight is 364 g/mol. The maximum Gasteiger partial charge on any atom is 0.287 e. The normalized spacial score (nSPS) is 20.2. The lowest BCUT2D eigenvalue weighted by Crippen LogP contribution is -2.54. The second-order valence-corrected chi connectivity index (χ2v) is 6.64. The van der Waals surface area contributed by atoms with E-state index in [1.165, 1.54) is 4.90 Å². The Bertz CT molecular complexity index is 629. The Balaban J connectivity index is 1.97. The molecule has 2 atom stereocenters. The molecule has 2 rings (SSSR count). The van der Waals surface area contributed by atoms with Crippen LogP contribution in [-0.4, -0.2) is 59.5 Å². The fraction of sp³-hybridized carbons (Fsp3) is 0.588. The van der Waals surface area contributed by atoms with Gasteiger partial charge in [-0.05, 0) is 31.3 Å². The van der Waals surface area contributed by atoms with Crippen molar-refractivity contribution in [2.24, 2.45) is 11.7 Å². The molecule has 2 unspecified atom stereocenters. The average Bonchev–Trinajstić information content (AvgIpc) is 3.29. The van der Waals surface area contributed by atoms with E-state index in [2.05, 4.69) is 17.2 Å². The maximum absolute atomic E-state index is 12.6. The minimum Gasteiger partial charge on any atom is -0.363 e. The molecule has 0 bridgehead atoms.